The molecular formula is C23H22N4O3. The first-order valence-corrected chi connectivity index (χ1v) is 9.62. The molecule has 152 valence electrons. The summed E-state index contributed by atoms with van der Waals surface area (Å²) in [7, 11) is 0. The predicted molar refractivity (Wildman–Crippen MR) is 114 cm³/mol. The molecule has 0 aliphatic rings. The molecule has 0 radical (unpaired) electrons. The van der Waals surface area contributed by atoms with Gasteiger partial charge in [0.2, 0.25) is 0 Å². The predicted octanol–water partition coefficient (Wildman–Crippen LogP) is 3.37. The highest BCUT2D eigenvalue weighted by atomic mass is 16.3. The van der Waals surface area contributed by atoms with E-state index < -0.39 is 12.2 Å². The van der Waals surface area contributed by atoms with Crippen LogP contribution < -0.4 is 5.32 Å². The molecule has 0 spiro atoms. The first-order valence-electron chi connectivity index (χ1n) is 9.62. The third kappa shape index (κ3) is 3.94. The molecule has 3 N–H and O–H groups in total. The van der Waals surface area contributed by atoms with Crippen molar-refractivity contribution in [3.63, 3.8) is 0 Å². The number of nitrogens with one attached hydrogen (secondary N) is 1. The maximum Gasteiger partial charge on any atom is 0.256 e. The summed E-state index contributed by atoms with van der Waals surface area (Å²) in [5.74, 6) is 0.0968. The minimum atomic E-state index is -0.996. The lowest BCUT2D eigenvalue weighted by Gasteiger charge is -2.14. The fourth-order valence-corrected chi connectivity index (χ4v) is 3.27. The van der Waals surface area contributed by atoms with E-state index in [1.54, 1.807) is 34.8 Å². The van der Waals surface area contributed by atoms with E-state index in [-0.39, 0.29) is 5.91 Å². The van der Waals surface area contributed by atoms with Gasteiger partial charge in [0.05, 0.1) is 17.5 Å². The Balaban J connectivity index is 1.65. The molecule has 2 aromatic carbocycles. The zero-order valence-electron chi connectivity index (χ0n) is 16.6. The highest BCUT2D eigenvalue weighted by Crippen LogP contribution is 2.24. The second kappa shape index (κ2) is 8.06. The van der Waals surface area contributed by atoms with Crippen molar-refractivity contribution in [1.29, 1.82) is 0 Å². The lowest BCUT2D eigenvalue weighted by atomic mass is 10.0. The second-order valence-electron chi connectivity index (χ2n) is 7.21. The quantitative estimate of drug-likeness (QED) is 0.475. The zero-order chi connectivity index (χ0) is 21.3. The third-order valence-corrected chi connectivity index (χ3v) is 4.83. The molecule has 0 saturated carbocycles. The number of carbonyl (C=O) groups is 1. The van der Waals surface area contributed by atoms with Crippen molar-refractivity contribution < 1.29 is 15.0 Å². The summed E-state index contributed by atoms with van der Waals surface area (Å²) in [4.78, 5) is 17.2. The van der Waals surface area contributed by atoms with Crippen LogP contribution in [0.15, 0.2) is 66.7 Å². The molecule has 0 aliphatic heterocycles. The van der Waals surface area contributed by atoms with Crippen LogP contribution in [0.25, 0.3) is 16.9 Å². The number of aryl methyl sites for hydroxylation is 1. The number of rotatable bonds is 5. The molecule has 2 aromatic heterocycles. The van der Waals surface area contributed by atoms with Gasteiger partial charge in [0.1, 0.15) is 11.9 Å². The Bertz CT molecular complexity index is 1180. The second-order valence-corrected chi connectivity index (χ2v) is 7.21. The topological polar surface area (TPSA) is 99.8 Å². The number of amides is 1. The monoisotopic (exact) mass is 402 g/mol. The van der Waals surface area contributed by atoms with E-state index in [1.807, 2.05) is 43.3 Å². The number of hydrogen-bond acceptors (Lipinski definition) is 5. The van der Waals surface area contributed by atoms with Gasteiger partial charge in [0.15, 0.2) is 5.65 Å². The number of anilines is 1. The SMILES string of the molecule is Cc1cc2nc(NC(=O)c3ccc([C@@H](O)C(C)O)cc3)cc(-c3ccccc3)n2n1. The Kier molecular flexibility index (Phi) is 5.31. The number of aliphatic hydroxyl groups excluding tert-OH is 2. The third-order valence-electron chi connectivity index (χ3n) is 4.83. The standard InChI is InChI=1S/C23H22N4O3/c1-14-12-21-24-20(13-19(27(21)26-14)16-6-4-3-5-7-16)25-23(30)18-10-8-17(9-11-18)22(29)15(2)28/h3-13,15,22,28-29H,1-2H3,(H,24,25,30)/t15?,22-/m0/s1. The van der Waals surface area contributed by atoms with Crippen molar-refractivity contribution in [1.82, 2.24) is 14.6 Å². The molecule has 7 nitrogen and oxygen atoms in total. The summed E-state index contributed by atoms with van der Waals surface area (Å²) in [5, 5.41) is 26.8. The summed E-state index contributed by atoms with van der Waals surface area (Å²) in [6.45, 7) is 3.40. The largest absolute Gasteiger partial charge is 0.390 e. The molecule has 2 heterocycles. The summed E-state index contributed by atoms with van der Waals surface area (Å²) in [6, 6.07) is 19.9. The van der Waals surface area contributed by atoms with Crippen LogP contribution in [0.2, 0.25) is 0 Å². The number of hydrogen-bond donors (Lipinski definition) is 3. The molecule has 7 heteroatoms. The van der Waals surface area contributed by atoms with E-state index in [2.05, 4.69) is 15.4 Å². The lowest BCUT2D eigenvalue weighted by Crippen LogP contribution is -2.16. The number of carbonyl (C=O) groups excluding carboxylic acids is 1. The van der Waals surface area contributed by atoms with Gasteiger partial charge in [0.25, 0.3) is 5.91 Å². The Labute approximate surface area is 173 Å². The van der Waals surface area contributed by atoms with E-state index >= 15 is 0 Å². The summed E-state index contributed by atoms with van der Waals surface area (Å²) in [5.41, 5.74) is 4.21. The van der Waals surface area contributed by atoms with Crippen molar-refractivity contribution in [2.45, 2.75) is 26.1 Å². The van der Waals surface area contributed by atoms with Crippen molar-refractivity contribution in [2.75, 3.05) is 5.32 Å². The zero-order valence-corrected chi connectivity index (χ0v) is 16.6. The molecule has 0 saturated heterocycles. The fraction of sp³-hybridized carbons (Fsp3) is 0.174. The average Bonchev–Trinajstić information content (AvgIpc) is 3.13. The first-order chi connectivity index (χ1) is 14.4. The Morgan fingerprint density at radius 3 is 2.40 bits per heavy atom. The molecule has 0 fully saturated rings. The van der Waals surface area contributed by atoms with Gasteiger partial charge in [-0.15, -0.1) is 0 Å². The molecule has 1 unspecified atom stereocenters. The van der Waals surface area contributed by atoms with Gasteiger partial charge >= 0.3 is 0 Å². The van der Waals surface area contributed by atoms with E-state index in [0.29, 0.717) is 22.6 Å². The maximum absolute atomic E-state index is 12.7. The van der Waals surface area contributed by atoms with Gasteiger partial charge in [-0.1, -0.05) is 42.5 Å². The van der Waals surface area contributed by atoms with Crippen LogP contribution in [0, 0.1) is 6.92 Å². The van der Waals surface area contributed by atoms with Crippen molar-refractivity contribution in [2.24, 2.45) is 0 Å². The highest BCUT2D eigenvalue weighted by molar-refractivity contribution is 6.04. The van der Waals surface area contributed by atoms with Crippen molar-refractivity contribution in [3.8, 4) is 11.3 Å². The minimum Gasteiger partial charge on any atom is -0.390 e. The number of aliphatic hydroxyl groups is 2. The average molecular weight is 402 g/mol. The van der Waals surface area contributed by atoms with Crippen LogP contribution >= 0.6 is 0 Å². The smallest absolute Gasteiger partial charge is 0.256 e. The molecular weight excluding hydrogens is 380 g/mol. The highest BCUT2D eigenvalue weighted by Gasteiger charge is 2.16. The summed E-state index contributed by atoms with van der Waals surface area (Å²) in [6.07, 6.45) is -1.89. The summed E-state index contributed by atoms with van der Waals surface area (Å²) < 4.78 is 1.76. The Morgan fingerprint density at radius 2 is 1.73 bits per heavy atom. The Hall–Kier alpha value is -3.55. The number of aromatic nitrogens is 3. The lowest BCUT2D eigenvalue weighted by molar-refractivity contribution is 0.0305. The van der Waals surface area contributed by atoms with Crippen LogP contribution in [0.1, 0.15) is 34.6 Å². The number of benzene rings is 2. The minimum absolute atomic E-state index is 0.319. The molecule has 4 rings (SSSR count). The molecule has 0 aliphatic carbocycles. The molecule has 30 heavy (non-hydrogen) atoms. The van der Waals surface area contributed by atoms with Gasteiger partial charge in [-0.05, 0) is 31.5 Å². The van der Waals surface area contributed by atoms with Crippen molar-refractivity contribution >= 4 is 17.4 Å². The van der Waals surface area contributed by atoms with Crippen LogP contribution in [0.5, 0.6) is 0 Å². The van der Waals surface area contributed by atoms with Crippen LogP contribution in [0.3, 0.4) is 0 Å². The van der Waals surface area contributed by atoms with Gasteiger partial charge in [-0.2, -0.15) is 5.10 Å². The van der Waals surface area contributed by atoms with Gasteiger partial charge in [-0.3, -0.25) is 4.79 Å². The van der Waals surface area contributed by atoms with E-state index in [0.717, 1.165) is 17.0 Å². The van der Waals surface area contributed by atoms with Gasteiger partial charge in [0, 0.05) is 23.3 Å². The normalized spacial score (nSPS) is 13.2. The number of nitrogens with zero attached hydrogens (tertiary/aromatic N) is 3. The van der Waals surface area contributed by atoms with Crippen molar-refractivity contribution in [3.05, 3.63) is 83.6 Å². The molecule has 4 aromatic rings. The Morgan fingerprint density at radius 1 is 1.03 bits per heavy atom. The molecule has 2 atom stereocenters. The van der Waals surface area contributed by atoms with Gasteiger partial charge < -0.3 is 15.5 Å². The summed E-state index contributed by atoms with van der Waals surface area (Å²) >= 11 is 0. The maximum atomic E-state index is 12.7. The van der Waals surface area contributed by atoms with Crippen LogP contribution in [-0.2, 0) is 0 Å². The fourth-order valence-electron chi connectivity index (χ4n) is 3.27. The number of fused-ring (bicyclic) bond motifs is 1. The van der Waals surface area contributed by atoms with Crippen LogP contribution in [-0.4, -0.2) is 36.8 Å². The molecule has 1 amide bonds. The van der Waals surface area contributed by atoms with E-state index in [1.165, 1.54) is 6.92 Å². The van der Waals surface area contributed by atoms with E-state index in [4.69, 9.17) is 0 Å². The molecule has 0 bridgehead atoms. The van der Waals surface area contributed by atoms with Gasteiger partial charge in [-0.25, -0.2) is 9.50 Å². The van der Waals surface area contributed by atoms with E-state index in [9.17, 15) is 15.0 Å². The van der Waals surface area contributed by atoms with Crippen LogP contribution in [0.4, 0.5) is 5.82 Å². The first kappa shape index (κ1) is 19.8.